The fraction of sp³-hybridized carbons (Fsp3) is 0.750. The Labute approximate surface area is 57.1 Å². The summed E-state index contributed by atoms with van der Waals surface area (Å²) in [6, 6.07) is 0. The number of rotatable bonds is 3. The lowest BCUT2D eigenvalue weighted by Gasteiger charge is -2.05. The zero-order chi connectivity index (χ0) is 6.74. The smallest absolute Gasteiger partial charge is 0.0363 e. The van der Waals surface area contributed by atoms with Crippen molar-refractivity contribution in [1.29, 1.82) is 0 Å². The zero-order valence-electron chi connectivity index (χ0n) is 6.28. The topological polar surface area (TPSA) is 12.0 Å². The van der Waals surface area contributed by atoms with Crippen LogP contribution < -0.4 is 5.32 Å². The fourth-order valence-corrected chi connectivity index (χ4v) is 0.978. The van der Waals surface area contributed by atoms with E-state index in [-0.39, 0.29) is 0 Å². The van der Waals surface area contributed by atoms with Gasteiger partial charge >= 0.3 is 0 Å². The molecule has 0 heterocycles. The molecule has 1 aliphatic rings. The van der Waals surface area contributed by atoms with Crippen LogP contribution in [0.2, 0.25) is 0 Å². The maximum atomic E-state index is 3.30. The maximum absolute atomic E-state index is 3.30. The summed E-state index contributed by atoms with van der Waals surface area (Å²) >= 11 is 0. The molecule has 0 spiro atoms. The molecule has 0 aromatic heterocycles. The molecule has 0 atom stereocenters. The molecule has 0 aromatic carbocycles. The Balaban J connectivity index is 2.33. The molecule has 1 N–H and O–H groups in total. The average Bonchev–Trinajstić information content (AvgIpc) is 2.65. The number of allylic oxidation sites excluding steroid dienone is 1. The summed E-state index contributed by atoms with van der Waals surface area (Å²) in [6.45, 7) is 2.17. The monoisotopic (exact) mass is 125 g/mol. The van der Waals surface area contributed by atoms with E-state index in [2.05, 4.69) is 24.4 Å². The van der Waals surface area contributed by atoms with Crippen molar-refractivity contribution < 1.29 is 0 Å². The predicted molar refractivity (Wildman–Crippen MR) is 40.5 cm³/mol. The summed E-state index contributed by atoms with van der Waals surface area (Å²) in [4.78, 5) is 0. The molecule has 0 amide bonds. The second-order valence-electron chi connectivity index (χ2n) is 2.72. The van der Waals surface area contributed by atoms with Gasteiger partial charge in [-0.15, -0.1) is 0 Å². The molecule has 52 valence electrons. The van der Waals surface area contributed by atoms with E-state index in [1.54, 1.807) is 0 Å². The van der Waals surface area contributed by atoms with Gasteiger partial charge in [0.15, 0.2) is 0 Å². The lowest BCUT2D eigenvalue weighted by atomic mass is 10.2. The third-order valence-corrected chi connectivity index (χ3v) is 1.96. The van der Waals surface area contributed by atoms with Crippen LogP contribution in [0.4, 0.5) is 0 Å². The van der Waals surface area contributed by atoms with Gasteiger partial charge in [0.25, 0.3) is 0 Å². The van der Waals surface area contributed by atoms with Gasteiger partial charge in [-0.2, -0.15) is 0 Å². The van der Waals surface area contributed by atoms with Gasteiger partial charge in [-0.3, -0.25) is 0 Å². The minimum Gasteiger partial charge on any atom is -0.311 e. The highest BCUT2D eigenvalue weighted by atomic mass is 15.0. The summed E-state index contributed by atoms with van der Waals surface area (Å²) in [5.41, 5.74) is 0.413. The number of likely N-dealkylation sites (N-methyl/N-ethyl adjacent to an activating group) is 1. The van der Waals surface area contributed by atoms with Crippen LogP contribution in [0.5, 0.6) is 0 Å². The highest BCUT2D eigenvalue weighted by molar-refractivity contribution is 5.16. The van der Waals surface area contributed by atoms with Crippen LogP contribution in [0, 0.1) is 0 Å². The molecule has 1 aliphatic carbocycles. The van der Waals surface area contributed by atoms with Crippen LogP contribution in [0.3, 0.4) is 0 Å². The van der Waals surface area contributed by atoms with Crippen molar-refractivity contribution in [2.45, 2.75) is 31.7 Å². The van der Waals surface area contributed by atoms with Crippen molar-refractivity contribution in [2.24, 2.45) is 0 Å². The van der Waals surface area contributed by atoms with E-state index in [4.69, 9.17) is 0 Å². The normalized spacial score (nSPS) is 22.9. The number of hydrogen-bond acceptors (Lipinski definition) is 1. The summed E-state index contributed by atoms with van der Waals surface area (Å²) in [5, 5.41) is 3.30. The lowest BCUT2D eigenvalue weighted by molar-refractivity contribution is 0.668. The first-order valence-corrected chi connectivity index (χ1v) is 3.69. The molecule has 1 heteroatoms. The Morgan fingerprint density at radius 1 is 1.56 bits per heavy atom. The fourth-order valence-electron chi connectivity index (χ4n) is 0.978. The minimum atomic E-state index is 0.413. The molecule has 0 radical (unpaired) electrons. The molecule has 0 aliphatic heterocycles. The van der Waals surface area contributed by atoms with Crippen molar-refractivity contribution in [3.8, 4) is 0 Å². The molecule has 1 nitrogen and oxygen atoms in total. The first kappa shape index (κ1) is 6.81. The van der Waals surface area contributed by atoms with Crippen LogP contribution in [0.1, 0.15) is 26.2 Å². The molecule has 1 fully saturated rings. The van der Waals surface area contributed by atoms with Crippen molar-refractivity contribution >= 4 is 0 Å². The predicted octanol–water partition coefficient (Wildman–Crippen LogP) is 1.70. The Morgan fingerprint density at radius 3 is 2.56 bits per heavy atom. The van der Waals surface area contributed by atoms with Gasteiger partial charge in [-0.05, 0) is 26.3 Å². The molecule has 1 rings (SSSR count). The third kappa shape index (κ3) is 1.55. The standard InChI is InChI=1S/C8H15N/c1-3-4-5-8(9-2)6-7-8/h4-5,9H,3,6-7H2,1-2H3/b5-4+. The van der Waals surface area contributed by atoms with Crippen LogP contribution in [0.25, 0.3) is 0 Å². The first-order valence-electron chi connectivity index (χ1n) is 3.69. The minimum absolute atomic E-state index is 0.413. The van der Waals surface area contributed by atoms with Gasteiger partial charge in [0.1, 0.15) is 0 Å². The van der Waals surface area contributed by atoms with E-state index in [0.29, 0.717) is 5.54 Å². The summed E-state index contributed by atoms with van der Waals surface area (Å²) in [6.07, 6.45) is 8.33. The SMILES string of the molecule is CC/C=C/C1(NC)CC1. The second kappa shape index (κ2) is 2.53. The second-order valence-corrected chi connectivity index (χ2v) is 2.72. The van der Waals surface area contributed by atoms with Gasteiger partial charge in [0.05, 0.1) is 0 Å². The van der Waals surface area contributed by atoms with Crippen LogP contribution in [0.15, 0.2) is 12.2 Å². The average molecular weight is 125 g/mol. The highest BCUT2D eigenvalue weighted by Gasteiger charge is 2.37. The van der Waals surface area contributed by atoms with E-state index in [1.165, 1.54) is 12.8 Å². The molecule has 0 bridgehead atoms. The van der Waals surface area contributed by atoms with Crippen molar-refractivity contribution in [2.75, 3.05) is 7.05 Å². The lowest BCUT2D eigenvalue weighted by Crippen LogP contribution is -2.23. The van der Waals surface area contributed by atoms with Crippen molar-refractivity contribution in [1.82, 2.24) is 5.32 Å². The van der Waals surface area contributed by atoms with Crippen molar-refractivity contribution in [3.05, 3.63) is 12.2 Å². The summed E-state index contributed by atoms with van der Waals surface area (Å²) in [5.74, 6) is 0. The Bertz CT molecular complexity index is 112. The Morgan fingerprint density at radius 2 is 2.22 bits per heavy atom. The zero-order valence-corrected chi connectivity index (χ0v) is 6.28. The molecule has 1 saturated carbocycles. The van der Waals surface area contributed by atoms with E-state index >= 15 is 0 Å². The first-order chi connectivity index (χ1) is 4.33. The Kier molecular flexibility index (Phi) is 1.91. The Hall–Kier alpha value is -0.300. The molecular weight excluding hydrogens is 110 g/mol. The summed E-state index contributed by atoms with van der Waals surface area (Å²) < 4.78 is 0. The van der Waals surface area contributed by atoms with Gasteiger partial charge in [0.2, 0.25) is 0 Å². The van der Waals surface area contributed by atoms with E-state index in [0.717, 1.165) is 6.42 Å². The number of nitrogens with one attached hydrogen (secondary N) is 1. The third-order valence-electron chi connectivity index (χ3n) is 1.96. The van der Waals surface area contributed by atoms with Crippen LogP contribution >= 0.6 is 0 Å². The number of hydrogen-bond donors (Lipinski definition) is 1. The van der Waals surface area contributed by atoms with E-state index in [9.17, 15) is 0 Å². The van der Waals surface area contributed by atoms with Crippen molar-refractivity contribution in [3.63, 3.8) is 0 Å². The molecule has 0 saturated heterocycles. The highest BCUT2D eigenvalue weighted by Crippen LogP contribution is 2.36. The molecule has 0 aromatic rings. The van der Waals surface area contributed by atoms with Crippen LogP contribution in [-0.2, 0) is 0 Å². The van der Waals surface area contributed by atoms with Gasteiger partial charge in [0, 0.05) is 5.54 Å². The maximum Gasteiger partial charge on any atom is 0.0363 e. The van der Waals surface area contributed by atoms with Crippen LogP contribution in [-0.4, -0.2) is 12.6 Å². The largest absolute Gasteiger partial charge is 0.311 e. The van der Waals surface area contributed by atoms with Gasteiger partial charge in [-0.25, -0.2) is 0 Å². The molecular formula is C8H15N. The summed E-state index contributed by atoms with van der Waals surface area (Å²) in [7, 11) is 2.03. The van der Waals surface area contributed by atoms with E-state index < -0.39 is 0 Å². The molecule has 9 heavy (non-hydrogen) atoms. The van der Waals surface area contributed by atoms with E-state index in [1.807, 2.05) is 7.05 Å². The quantitative estimate of drug-likeness (QED) is 0.566. The molecule has 0 unspecified atom stereocenters. The van der Waals surface area contributed by atoms with Gasteiger partial charge < -0.3 is 5.32 Å². The van der Waals surface area contributed by atoms with Gasteiger partial charge in [-0.1, -0.05) is 19.1 Å².